The Balaban J connectivity index is 1.44. The van der Waals surface area contributed by atoms with Crippen LogP contribution < -0.4 is 9.47 Å². The molecule has 142 valence electrons. The lowest BCUT2D eigenvalue weighted by Gasteiger charge is -2.31. The van der Waals surface area contributed by atoms with E-state index in [1.54, 1.807) is 0 Å². The number of carbonyl (C=O) groups excluding carboxylic acids is 1. The first kappa shape index (κ1) is 17.7. The van der Waals surface area contributed by atoms with Crippen molar-refractivity contribution in [3.8, 4) is 11.5 Å². The van der Waals surface area contributed by atoms with E-state index >= 15 is 0 Å². The van der Waals surface area contributed by atoms with Crippen molar-refractivity contribution in [2.75, 3.05) is 19.8 Å². The number of ether oxygens (including phenoxy) is 2. The smallest absolute Gasteiger partial charge is 0.223 e. The summed E-state index contributed by atoms with van der Waals surface area (Å²) in [6, 6.07) is 4.20. The summed E-state index contributed by atoms with van der Waals surface area (Å²) < 4.78 is 11.5. The van der Waals surface area contributed by atoms with Crippen LogP contribution in [0.4, 0.5) is 0 Å². The van der Waals surface area contributed by atoms with Gasteiger partial charge < -0.3 is 14.4 Å². The Morgan fingerprint density at radius 1 is 1.08 bits per heavy atom. The Morgan fingerprint density at radius 2 is 1.81 bits per heavy atom. The summed E-state index contributed by atoms with van der Waals surface area (Å²) in [4.78, 5) is 15.0. The quantitative estimate of drug-likeness (QED) is 0.766. The van der Waals surface area contributed by atoms with Crippen LogP contribution in [0, 0.1) is 17.8 Å². The maximum absolute atomic E-state index is 12.9. The van der Waals surface area contributed by atoms with E-state index in [1.165, 1.54) is 36.8 Å². The number of hydrogen-bond donors (Lipinski definition) is 0. The Labute approximate surface area is 156 Å². The molecule has 2 bridgehead atoms. The lowest BCUT2D eigenvalue weighted by Crippen LogP contribution is -2.37. The Morgan fingerprint density at radius 3 is 2.42 bits per heavy atom. The second kappa shape index (κ2) is 7.50. The molecule has 1 heterocycles. The average molecular weight is 357 g/mol. The molecule has 0 aromatic heterocycles. The van der Waals surface area contributed by atoms with Gasteiger partial charge >= 0.3 is 0 Å². The first-order chi connectivity index (χ1) is 12.7. The molecule has 4 heteroatoms. The molecule has 0 radical (unpaired) electrons. The molecule has 1 aliphatic heterocycles. The van der Waals surface area contributed by atoms with Crippen LogP contribution in [0.15, 0.2) is 12.1 Å². The van der Waals surface area contributed by atoms with Crippen LogP contribution in [-0.2, 0) is 17.8 Å². The van der Waals surface area contributed by atoms with Crippen molar-refractivity contribution in [3.05, 3.63) is 23.3 Å². The zero-order valence-electron chi connectivity index (χ0n) is 16.1. The third kappa shape index (κ3) is 3.43. The van der Waals surface area contributed by atoms with Crippen molar-refractivity contribution in [2.45, 2.75) is 58.9 Å². The van der Waals surface area contributed by atoms with Gasteiger partial charge in [0.05, 0.1) is 13.2 Å². The highest BCUT2D eigenvalue weighted by Gasteiger charge is 2.40. The van der Waals surface area contributed by atoms with Gasteiger partial charge in [-0.15, -0.1) is 0 Å². The van der Waals surface area contributed by atoms with Gasteiger partial charge in [0, 0.05) is 19.5 Å². The normalized spacial score (nSPS) is 26.7. The molecule has 2 aliphatic carbocycles. The van der Waals surface area contributed by atoms with E-state index in [2.05, 4.69) is 17.0 Å². The SMILES string of the molecule is CCOc1cc2c(cc1OCC)CN(C(=O)CC1CC3CCC1C3)CC2. The van der Waals surface area contributed by atoms with E-state index in [9.17, 15) is 4.79 Å². The Bertz CT molecular complexity index is 672. The third-order valence-electron chi connectivity index (χ3n) is 6.55. The van der Waals surface area contributed by atoms with Gasteiger partial charge in [0.25, 0.3) is 0 Å². The molecule has 3 unspecified atom stereocenters. The van der Waals surface area contributed by atoms with Crippen molar-refractivity contribution in [2.24, 2.45) is 17.8 Å². The molecule has 0 N–H and O–H groups in total. The van der Waals surface area contributed by atoms with Crippen molar-refractivity contribution in [3.63, 3.8) is 0 Å². The molecule has 1 amide bonds. The zero-order valence-corrected chi connectivity index (χ0v) is 16.1. The van der Waals surface area contributed by atoms with E-state index in [1.807, 2.05) is 13.8 Å². The Hall–Kier alpha value is -1.71. The molecular formula is C22H31NO3. The molecule has 2 saturated carbocycles. The fourth-order valence-corrected chi connectivity index (χ4v) is 5.29. The summed E-state index contributed by atoms with van der Waals surface area (Å²) in [6.45, 7) is 6.76. The van der Waals surface area contributed by atoms with Crippen molar-refractivity contribution >= 4 is 5.91 Å². The molecule has 1 aromatic rings. The van der Waals surface area contributed by atoms with E-state index in [-0.39, 0.29) is 0 Å². The second-order valence-electron chi connectivity index (χ2n) is 8.14. The predicted molar refractivity (Wildman–Crippen MR) is 101 cm³/mol. The summed E-state index contributed by atoms with van der Waals surface area (Å²) in [6.07, 6.45) is 7.07. The van der Waals surface area contributed by atoms with Gasteiger partial charge in [-0.1, -0.05) is 6.42 Å². The van der Waals surface area contributed by atoms with Crippen LogP contribution >= 0.6 is 0 Å². The minimum atomic E-state index is 0.347. The highest BCUT2D eigenvalue weighted by Crippen LogP contribution is 2.49. The minimum absolute atomic E-state index is 0.347. The topological polar surface area (TPSA) is 38.8 Å². The number of benzene rings is 1. The molecular weight excluding hydrogens is 326 g/mol. The molecule has 2 fully saturated rings. The fraction of sp³-hybridized carbons (Fsp3) is 0.682. The zero-order chi connectivity index (χ0) is 18.1. The third-order valence-corrected chi connectivity index (χ3v) is 6.55. The summed E-state index contributed by atoms with van der Waals surface area (Å²) in [5, 5.41) is 0. The minimum Gasteiger partial charge on any atom is -0.490 e. The van der Waals surface area contributed by atoms with Gasteiger partial charge in [-0.25, -0.2) is 0 Å². The molecule has 26 heavy (non-hydrogen) atoms. The van der Waals surface area contributed by atoms with Crippen molar-refractivity contribution in [1.29, 1.82) is 0 Å². The van der Waals surface area contributed by atoms with Crippen LogP contribution in [0.3, 0.4) is 0 Å². The predicted octanol–water partition coefficient (Wildman–Crippen LogP) is 4.20. The lowest BCUT2D eigenvalue weighted by atomic mass is 9.86. The maximum atomic E-state index is 12.9. The number of hydrogen-bond acceptors (Lipinski definition) is 3. The van der Waals surface area contributed by atoms with E-state index in [4.69, 9.17) is 9.47 Å². The van der Waals surface area contributed by atoms with Crippen LogP contribution in [0.25, 0.3) is 0 Å². The number of carbonyl (C=O) groups is 1. The standard InChI is InChI=1S/C22H31NO3/c1-3-25-20-11-17-7-8-23(14-19(17)12-21(20)26-4-2)22(24)13-18-10-15-5-6-16(18)9-15/h11-12,15-16,18H,3-10,13-14H2,1-2H3. The average Bonchev–Trinajstić information content (AvgIpc) is 3.25. The fourth-order valence-electron chi connectivity index (χ4n) is 5.29. The van der Waals surface area contributed by atoms with Gasteiger partial charge in [0.1, 0.15) is 0 Å². The monoisotopic (exact) mass is 357 g/mol. The van der Waals surface area contributed by atoms with Gasteiger partial charge in [-0.05, 0) is 80.5 Å². The van der Waals surface area contributed by atoms with Crippen molar-refractivity contribution in [1.82, 2.24) is 4.90 Å². The molecule has 4 rings (SSSR count). The van der Waals surface area contributed by atoms with E-state index in [0.29, 0.717) is 31.6 Å². The van der Waals surface area contributed by atoms with E-state index in [0.717, 1.165) is 42.7 Å². The summed E-state index contributed by atoms with van der Waals surface area (Å²) in [5.74, 6) is 4.34. The molecule has 3 aliphatic rings. The van der Waals surface area contributed by atoms with Crippen LogP contribution in [0.1, 0.15) is 57.1 Å². The van der Waals surface area contributed by atoms with Crippen LogP contribution in [0.5, 0.6) is 11.5 Å². The summed E-state index contributed by atoms with van der Waals surface area (Å²) >= 11 is 0. The Kier molecular flexibility index (Phi) is 5.10. The van der Waals surface area contributed by atoms with Gasteiger partial charge in [-0.3, -0.25) is 4.79 Å². The highest BCUT2D eigenvalue weighted by molar-refractivity contribution is 5.77. The number of amides is 1. The van der Waals surface area contributed by atoms with Crippen LogP contribution in [0.2, 0.25) is 0 Å². The molecule has 0 saturated heterocycles. The molecule has 4 nitrogen and oxygen atoms in total. The number of nitrogens with zero attached hydrogens (tertiary/aromatic N) is 1. The number of rotatable bonds is 6. The van der Waals surface area contributed by atoms with Gasteiger partial charge in [0.2, 0.25) is 5.91 Å². The summed E-state index contributed by atoms with van der Waals surface area (Å²) in [7, 11) is 0. The molecule has 0 spiro atoms. The summed E-state index contributed by atoms with van der Waals surface area (Å²) in [5.41, 5.74) is 2.50. The van der Waals surface area contributed by atoms with Gasteiger partial charge in [0.15, 0.2) is 11.5 Å². The van der Waals surface area contributed by atoms with Crippen LogP contribution in [-0.4, -0.2) is 30.6 Å². The largest absolute Gasteiger partial charge is 0.490 e. The highest BCUT2D eigenvalue weighted by atomic mass is 16.5. The maximum Gasteiger partial charge on any atom is 0.223 e. The first-order valence-corrected chi connectivity index (χ1v) is 10.4. The van der Waals surface area contributed by atoms with Crippen molar-refractivity contribution < 1.29 is 14.3 Å². The molecule has 3 atom stereocenters. The lowest BCUT2D eigenvalue weighted by molar-refractivity contribution is -0.133. The first-order valence-electron chi connectivity index (χ1n) is 10.4. The van der Waals surface area contributed by atoms with E-state index < -0.39 is 0 Å². The van der Waals surface area contributed by atoms with Gasteiger partial charge in [-0.2, -0.15) is 0 Å². The molecule has 1 aromatic carbocycles. The second-order valence-corrected chi connectivity index (χ2v) is 8.14. The number of fused-ring (bicyclic) bond motifs is 3.